The molecule has 1 aromatic carbocycles. The highest BCUT2D eigenvalue weighted by atomic mass is 127. The quantitative estimate of drug-likeness (QED) is 0.230. The highest BCUT2D eigenvalue weighted by Gasteiger charge is 2.14. The molecule has 0 fully saturated rings. The van der Waals surface area contributed by atoms with Crippen LogP contribution in [0.5, 0.6) is 0 Å². The summed E-state index contributed by atoms with van der Waals surface area (Å²) in [5.41, 5.74) is 0.514. The third-order valence-electron chi connectivity index (χ3n) is 1.97. The van der Waals surface area contributed by atoms with Gasteiger partial charge in [-0.2, -0.15) is 0 Å². The van der Waals surface area contributed by atoms with Gasteiger partial charge in [0.15, 0.2) is 0 Å². The van der Waals surface area contributed by atoms with Crippen LogP contribution in [0.1, 0.15) is 23.2 Å². The molecule has 18 heavy (non-hydrogen) atoms. The number of ether oxygens (including phenoxy) is 1. The lowest BCUT2D eigenvalue weighted by Crippen LogP contribution is -2.22. The van der Waals surface area contributed by atoms with Crippen molar-refractivity contribution < 1.29 is 19.4 Å². The van der Waals surface area contributed by atoms with E-state index in [2.05, 4.69) is 67.8 Å². The van der Waals surface area contributed by atoms with Crippen LogP contribution in [0.15, 0.2) is 12.1 Å². The number of halogens is 3. The zero-order chi connectivity index (χ0) is 13.7. The van der Waals surface area contributed by atoms with Gasteiger partial charge < -0.3 is 14.6 Å². The van der Waals surface area contributed by atoms with Gasteiger partial charge in [0.25, 0.3) is 0 Å². The predicted molar refractivity (Wildman–Crippen MR) is 89.1 cm³/mol. The number of carboxylic acid groups (broad SMARTS) is 1. The summed E-state index contributed by atoms with van der Waals surface area (Å²) in [4.78, 5) is 22.0. The summed E-state index contributed by atoms with van der Waals surface area (Å²) >= 11 is 6.38. The van der Waals surface area contributed by atoms with Crippen LogP contribution in [0.4, 0.5) is 0 Å². The molecule has 1 aromatic rings. The lowest BCUT2D eigenvalue weighted by Gasteiger charge is -2.08. The van der Waals surface area contributed by atoms with Crippen molar-refractivity contribution in [3.63, 3.8) is 0 Å². The Kier molecular flexibility index (Phi) is 7.13. The van der Waals surface area contributed by atoms with Gasteiger partial charge in [0.05, 0.1) is 12.2 Å². The van der Waals surface area contributed by atoms with Crippen LogP contribution < -0.4 is 5.11 Å². The molecule has 0 aromatic heterocycles. The van der Waals surface area contributed by atoms with E-state index in [1.54, 1.807) is 6.07 Å². The molecule has 0 saturated heterocycles. The average molecular weight is 585 g/mol. The van der Waals surface area contributed by atoms with Crippen LogP contribution in [-0.4, -0.2) is 18.5 Å². The minimum absolute atomic E-state index is 0.0882. The van der Waals surface area contributed by atoms with Crippen molar-refractivity contribution in [2.75, 3.05) is 6.61 Å². The van der Waals surface area contributed by atoms with E-state index in [1.165, 1.54) is 0 Å². The van der Waals surface area contributed by atoms with E-state index in [1.807, 2.05) is 6.07 Å². The van der Waals surface area contributed by atoms with Gasteiger partial charge in [0, 0.05) is 16.7 Å². The highest BCUT2D eigenvalue weighted by molar-refractivity contribution is 14.1. The minimum Gasteiger partial charge on any atom is -0.550 e. The smallest absolute Gasteiger partial charge is 0.339 e. The summed E-state index contributed by atoms with van der Waals surface area (Å²) in [6.45, 7) is 0.0882. The molecule has 4 nitrogen and oxygen atoms in total. The molecule has 7 heteroatoms. The Labute approximate surface area is 145 Å². The Balaban J connectivity index is 2.64. The Morgan fingerprint density at radius 2 is 1.89 bits per heavy atom. The molecule has 0 aliphatic heterocycles. The Hall–Kier alpha value is 0.350. The summed E-state index contributed by atoms with van der Waals surface area (Å²) in [6, 6.07) is 3.72. The van der Waals surface area contributed by atoms with Gasteiger partial charge in [-0.15, -0.1) is 0 Å². The van der Waals surface area contributed by atoms with Crippen LogP contribution in [0, 0.1) is 10.7 Å². The van der Waals surface area contributed by atoms with Crippen molar-refractivity contribution in [1.29, 1.82) is 0 Å². The third-order valence-corrected chi connectivity index (χ3v) is 5.64. The molecular weight excluding hydrogens is 577 g/mol. The summed E-state index contributed by atoms with van der Waals surface area (Å²) in [5.74, 6) is -1.56. The van der Waals surface area contributed by atoms with E-state index < -0.39 is 11.9 Å². The molecule has 0 unspecified atom stereocenters. The van der Waals surface area contributed by atoms with Gasteiger partial charge in [0.1, 0.15) is 0 Å². The first-order valence-corrected chi connectivity index (χ1v) is 8.17. The van der Waals surface area contributed by atoms with Crippen molar-refractivity contribution in [2.45, 2.75) is 12.8 Å². The van der Waals surface area contributed by atoms with E-state index in [0.717, 1.165) is 10.7 Å². The van der Waals surface area contributed by atoms with Crippen molar-refractivity contribution in [3.8, 4) is 0 Å². The molecule has 0 amide bonds. The SMILES string of the molecule is O=C([O-])CCCOC(=O)c1cc(I)cc(I)c1I. The van der Waals surface area contributed by atoms with E-state index >= 15 is 0 Å². The molecule has 0 spiro atoms. The molecule has 98 valence electrons. The number of carboxylic acids is 1. The van der Waals surface area contributed by atoms with Crippen LogP contribution in [0.3, 0.4) is 0 Å². The first-order valence-electron chi connectivity index (χ1n) is 4.93. The van der Waals surface area contributed by atoms with Gasteiger partial charge in [-0.1, -0.05) is 0 Å². The largest absolute Gasteiger partial charge is 0.550 e. The Morgan fingerprint density at radius 1 is 1.22 bits per heavy atom. The Morgan fingerprint density at radius 3 is 2.50 bits per heavy atom. The standard InChI is InChI=1S/C11H9I3O4/c12-6-4-7(10(14)8(13)5-6)11(17)18-3-1-2-9(15)16/h4-5H,1-3H2,(H,15,16)/p-1. The molecule has 0 atom stereocenters. The molecule has 0 radical (unpaired) electrons. The summed E-state index contributed by atoms with van der Waals surface area (Å²) in [5, 5.41) is 10.2. The number of aliphatic carboxylic acids is 1. The van der Waals surface area contributed by atoms with E-state index in [4.69, 9.17) is 4.74 Å². The van der Waals surface area contributed by atoms with E-state index in [9.17, 15) is 14.7 Å². The molecule has 0 aliphatic rings. The van der Waals surface area contributed by atoms with Crippen LogP contribution in [-0.2, 0) is 9.53 Å². The minimum atomic E-state index is -1.13. The van der Waals surface area contributed by atoms with Crippen LogP contribution in [0.25, 0.3) is 0 Å². The molecule has 0 heterocycles. The summed E-state index contributed by atoms with van der Waals surface area (Å²) in [7, 11) is 0. The average Bonchev–Trinajstić information content (AvgIpc) is 2.28. The second kappa shape index (κ2) is 7.82. The molecule has 0 aliphatic carbocycles. The van der Waals surface area contributed by atoms with E-state index in [-0.39, 0.29) is 19.4 Å². The van der Waals surface area contributed by atoms with E-state index in [0.29, 0.717) is 5.56 Å². The summed E-state index contributed by atoms with van der Waals surface area (Å²) < 4.78 is 7.82. The fraction of sp³-hybridized carbons (Fsp3) is 0.273. The predicted octanol–water partition coefficient (Wildman–Crippen LogP) is 2.19. The second-order valence-electron chi connectivity index (χ2n) is 3.36. The number of benzene rings is 1. The van der Waals surface area contributed by atoms with Crippen LogP contribution >= 0.6 is 67.8 Å². The van der Waals surface area contributed by atoms with Gasteiger partial charge in [-0.3, -0.25) is 0 Å². The highest BCUT2D eigenvalue weighted by Crippen LogP contribution is 2.23. The monoisotopic (exact) mass is 585 g/mol. The fourth-order valence-corrected chi connectivity index (χ4v) is 3.54. The zero-order valence-corrected chi connectivity index (χ0v) is 15.5. The van der Waals surface area contributed by atoms with Gasteiger partial charge >= 0.3 is 5.97 Å². The Bertz CT molecular complexity index is 474. The topological polar surface area (TPSA) is 66.4 Å². The van der Waals surface area contributed by atoms with Crippen LogP contribution in [0.2, 0.25) is 0 Å². The van der Waals surface area contributed by atoms with Crippen molar-refractivity contribution in [2.24, 2.45) is 0 Å². The first-order chi connectivity index (χ1) is 8.41. The maximum atomic E-state index is 11.8. The van der Waals surface area contributed by atoms with Gasteiger partial charge in [-0.25, -0.2) is 4.79 Å². The maximum absolute atomic E-state index is 11.8. The lowest BCUT2D eigenvalue weighted by atomic mass is 10.2. The number of hydrogen-bond donors (Lipinski definition) is 0. The zero-order valence-electron chi connectivity index (χ0n) is 9.04. The van der Waals surface area contributed by atoms with Crippen molar-refractivity contribution in [1.82, 2.24) is 0 Å². The molecular formula is C11H8I3O4-. The third kappa shape index (κ3) is 5.15. The number of esters is 1. The second-order valence-corrected chi connectivity index (χ2v) is 6.85. The molecule has 0 saturated carbocycles. The fourth-order valence-electron chi connectivity index (χ4n) is 1.16. The van der Waals surface area contributed by atoms with Crippen molar-refractivity contribution in [3.05, 3.63) is 28.4 Å². The molecule has 1 rings (SSSR count). The maximum Gasteiger partial charge on any atom is 0.339 e. The number of carbonyl (C=O) groups is 2. The van der Waals surface area contributed by atoms with Gasteiger partial charge in [0.2, 0.25) is 0 Å². The normalized spacial score (nSPS) is 10.2. The molecule has 0 N–H and O–H groups in total. The first kappa shape index (κ1) is 16.4. The number of rotatable bonds is 5. The van der Waals surface area contributed by atoms with Crippen molar-refractivity contribution >= 4 is 79.7 Å². The number of carbonyl (C=O) groups excluding carboxylic acids is 2. The summed E-state index contributed by atoms with van der Waals surface area (Å²) in [6.07, 6.45) is 0.167. The lowest BCUT2D eigenvalue weighted by molar-refractivity contribution is -0.305. The van der Waals surface area contributed by atoms with Gasteiger partial charge in [-0.05, 0) is 92.7 Å². The molecule has 0 bridgehead atoms. The number of hydrogen-bond acceptors (Lipinski definition) is 4.